The molecule has 0 unspecified atom stereocenters. The van der Waals surface area contributed by atoms with Crippen LogP contribution in [0.1, 0.15) is 12.8 Å². The first kappa shape index (κ1) is 18.3. The van der Waals surface area contributed by atoms with E-state index in [9.17, 15) is 0 Å². The largest absolute Gasteiger partial charge is 0.490 e. The number of pyridine rings is 2. The maximum Gasteiger partial charge on any atom is 0.138 e. The zero-order valence-electron chi connectivity index (χ0n) is 15.1. The van der Waals surface area contributed by atoms with Gasteiger partial charge in [-0.1, -0.05) is 23.5 Å². The molecule has 1 N–H and O–H groups in total. The van der Waals surface area contributed by atoms with E-state index in [-0.39, 0.29) is 6.10 Å². The summed E-state index contributed by atoms with van der Waals surface area (Å²) >= 11 is 7.66. The molecule has 0 atom stereocenters. The third kappa shape index (κ3) is 4.46. The van der Waals surface area contributed by atoms with E-state index in [0.29, 0.717) is 5.15 Å². The second kappa shape index (κ2) is 8.33. The number of piperidine rings is 1. The summed E-state index contributed by atoms with van der Waals surface area (Å²) in [7, 11) is 0. The molecule has 0 radical (unpaired) electrons. The molecule has 5 nitrogen and oxygen atoms in total. The Morgan fingerprint density at radius 3 is 2.74 bits per heavy atom. The van der Waals surface area contributed by atoms with Crippen LogP contribution in [0.25, 0.3) is 10.8 Å². The van der Waals surface area contributed by atoms with Crippen molar-refractivity contribution in [3.05, 3.63) is 53.9 Å². The third-order valence-corrected chi connectivity index (χ3v) is 5.79. The fourth-order valence-electron chi connectivity index (χ4n) is 3.24. The molecule has 1 fully saturated rings. The fraction of sp³-hybridized carbons (Fsp3) is 0.300. The number of aromatic nitrogens is 2. The number of anilines is 2. The molecule has 0 bridgehead atoms. The SMILES string of the molecule is CSN1CCC(Oc2ccc3c(Nc4ccc(Cl)nc4)nccc3c2)CC1. The average molecular weight is 401 g/mol. The predicted molar refractivity (Wildman–Crippen MR) is 113 cm³/mol. The highest BCUT2D eigenvalue weighted by Crippen LogP contribution is 2.29. The Morgan fingerprint density at radius 2 is 2.00 bits per heavy atom. The lowest BCUT2D eigenvalue weighted by molar-refractivity contribution is 0.139. The highest BCUT2D eigenvalue weighted by molar-refractivity contribution is 7.96. The smallest absolute Gasteiger partial charge is 0.138 e. The lowest BCUT2D eigenvalue weighted by atomic mass is 10.1. The fourth-order valence-corrected chi connectivity index (χ4v) is 3.93. The van der Waals surface area contributed by atoms with E-state index in [2.05, 4.69) is 38.0 Å². The van der Waals surface area contributed by atoms with E-state index in [0.717, 1.165) is 54.0 Å². The zero-order valence-corrected chi connectivity index (χ0v) is 16.6. The standard InChI is InChI=1S/C20H21ClN4OS/c1-27-25-10-7-16(8-11-25)26-17-3-4-18-14(12-17)6-9-22-20(18)24-15-2-5-19(21)23-13-15/h2-6,9,12-13,16H,7-8,10-11H2,1H3,(H,22,24). The predicted octanol–water partition coefficient (Wildman–Crippen LogP) is 5.15. The van der Waals surface area contributed by atoms with Crippen LogP contribution in [0.3, 0.4) is 0 Å². The van der Waals surface area contributed by atoms with Crippen LogP contribution in [0.5, 0.6) is 5.75 Å². The first-order chi connectivity index (χ1) is 13.2. The Hall–Kier alpha value is -2.02. The Morgan fingerprint density at radius 1 is 1.15 bits per heavy atom. The number of benzene rings is 1. The van der Waals surface area contributed by atoms with Crippen LogP contribution in [0.15, 0.2) is 48.8 Å². The number of nitrogens with zero attached hydrogens (tertiary/aromatic N) is 3. The first-order valence-electron chi connectivity index (χ1n) is 8.94. The van der Waals surface area contributed by atoms with E-state index in [4.69, 9.17) is 16.3 Å². The number of hydrogen-bond acceptors (Lipinski definition) is 6. The van der Waals surface area contributed by atoms with E-state index < -0.39 is 0 Å². The molecule has 27 heavy (non-hydrogen) atoms. The minimum Gasteiger partial charge on any atom is -0.490 e. The molecule has 3 aromatic rings. The number of rotatable bonds is 5. The molecule has 1 saturated heterocycles. The van der Waals surface area contributed by atoms with Gasteiger partial charge in [0.2, 0.25) is 0 Å². The minimum absolute atomic E-state index is 0.283. The van der Waals surface area contributed by atoms with Gasteiger partial charge in [-0.15, -0.1) is 0 Å². The van der Waals surface area contributed by atoms with E-state index in [1.807, 2.05) is 30.1 Å². The van der Waals surface area contributed by atoms with Gasteiger partial charge in [-0.3, -0.25) is 4.31 Å². The highest BCUT2D eigenvalue weighted by atomic mass is 35.5. The van der Waals surface area contributed by atoms with Gasteiger partial charge in [0.25, 0.3) is 0 Å². The van der Waals surface area contributed by atoms with Crippen molar-refractivity contribution in [3.8, 4) is 5.75 Å². The number of nitrogens with one attached hydrogen (secondary N) is 1. The van der Waals surface area contributed by atoms with Gasteiger partial charge in [-0.05, 0) is 60.9 Å². The first-order valence-corrected chi connectivity index (χ1v) is 10.5. The van der Waals surface area contributed by atoms with Crippen LogP contribution >= 0.6 is 23.5 Å². The zero-order chi connectivity index (χ0) is 18.6. The molecule has 1 aromatic carbocycles. The Bertz CT molecular complexity index is 914. The molecule has 0 saturated carbocycles. The normalized spacial score (nSPS) is 15.8. The van der Waals surface area contributed by atoms with Gasteiger partial charge in [0.05, 0.1) is 11.9 Å². The topological polar surface area (TPSA) is 50.3 Å². The molecule has 3 heterocycles. The lowest BCUT2D eigenvalue weighted by Crippen LogP contribution is -2.34. The summed E-state index contributed by atoms with van der Waals surface area (Å²) in [5.41, 5.74) is 0.847. The molecule has 2 aromatic heterocycles. The van der Waals surface area contributed by atoms with Crippen molar-refractivity contribution in [2.24, 2.45) is 0 Å². The van der Waals surface area contributed by atoms with Crippen molar-refractivity contribution in [1.29, 1.82) is 0 Å². The van der Waals surface area contributed by atoms with E-state index >= 15 is 0 Å². The average Bonchev–Trinajstić information content (AvgIpc) is 2.70. The Kier molecular flexibility index (Phi) is 5.66. The van der Waals surface area contributed by atoms with Crippen LogP contribution in [-0.2, 0) is 0 Å². The quantitative estimate of drug-likeness (QED) is 0.472. The Labute approximate surface area is 168 Å². The van der Waals surface area contributed by atoms with Crippen LogP contribution in [0.2, 0.25) is 5.15 Å². The Balaban J connectivity index is 1.50. The summed E-state index contributed by atoms with van der Waals surface area (Å²) in [6, 6.07) is 11.8. The van der Waals surface area contributed by atoms with Crippen LogP contribution in [0, 0.1) is 0 Å². The van der Waals surface area contributed by atoms with Gasteiger partial charge in [-0.2, -0.15) is 0 Å². The van der Waals surface area contributed by atoms with Gasteiger partial charge in [0.15, 0.2) is 0 Å². The number of hydrogen-bond donors (Lipinski definition) is 1. The maximum absolute atomic E-state index is 6.23. The molecule has 0 amide bonds. The van der Waals surface area contributed by atoms with Crippen LogP contribution in [-0.4, -0.2) is 39.7 Å². The summed E-state index contributed by atoms with van der Waals surface area (Å²) in [4.78, 5) is 8.56. The van der Waals surface area contributed by atoms with Gasteiger partial charge in [-0.25, -0.2) is 9.97 Å². The van der Waals surface area contributed by atoms with Gasteiger partial charge in [0.1, 0.15) is 22.8 Å². The molecule has 140 valence electrons. The molecule has 0 spiro atoms. The van der Waals surface area contributed by atoms with Crippen molar-refractivity contribution in [1.82, 2.24) is 14.3 Å². The van der Waals surface area contributed by atoms with Crippen LogP contribution in [0.4, 0.5) is 11.5 Å². The molecule has 1 aliphatic heterocycles. The van der Waals surface area contributed by atoms with Crippen molar-refractivity contribution < 1.29 is 4.74 Å². The van der Waals surface area contributed by atoms with Crippen molar-refractivity contribution in [2.45, 2.75) is 18.9 Å². The minimum atomic E-state index is 0.283. The summed E-state index contributed by atoms with van der Waals surface area (Å²) in [5, 5.41) is 5.90. The van der Waals surface area contributed by atoms with Crippen molar-refractivity contribution in [3.63, 3.8) is 0 Å². The van der Waals surface area contributed by atoms with Crippen LogP contribution < -0.4 is 10.1 Å². The van der Waals surface area contributed by atoms with Gasteiger partial charge < -0.3 is 10.1 Å². The third-order valence-electron chi connectivity index (χ3n) is 4.69. The molecule has 7 heteroatoms. The summed E-state index contributed by atoms with van der Waals surface area (Å²) in [6.45, 7) is 2.15. The lowest BCUT2D eigenvalue weighted by Gasteiger charge is -2.30. The summed E-state index contributed by atoms with van der Waals surface area (Å²) in [6.07, 6.45) is 8.03. The molecule has 0 aliphatic carbocycles. The second-order valence-electron chi connectivity index (χ2n) is 6.47. The second-order valence-corrected chi connectivity index (χ2v) is 7.73. The van der Waals surface area contributed by atoms with E-state index in [1.54, 1.807) is 18.5 Å². The molecular formula is C20H21ClN4OS. The van der Waals surface area contributed by atoms with E-state index in [1.165, 1.54) is 0 Å². The summed E-state index contributed by atoms with van der Waals surface area (Å²) < 4.78 is 8.61. The molecule has 1 aliphatic rings. The monoisotopic (exact) mass is 400 g/mol. The summed E-state index contributed by atoms with van der Waals surface area (Å²) in [5.74, 6) is 1.70. The van der Waals surface area contributed by atoms with Gasteiger partial charge in [0, 0.05) is 24.7 Å². The van der Waals surface area contributed by atoms with Crippen molar-refractivity contribution in [2.75, 3.05) is 24.7 Å². The highest BCUT2D eigenvalue weighted by Gasteiger charge is 2.20. The number of fused-ring (bicyclic) bond motifs is 1. The molecule has 4 rings (SSSR count). The van der Waals surface area contributed by atoms with Crippen molar-refractivity contribution >= 4 is 45.8 Å². The number of halogens is 1. The molecular weight excluding hydrogens is 380 g/mol. The number of ether oxygens (including phenoxy) is 1. The maximum atomic E-state index is 6.23. The van der Waals surface area contributed by atoms with Gasteiger partial charge >= 0.3 is 0 Å².